The van der Waals surface area contributed by atoms with Crippen LogP contribution in [0.1, 0.15) is 28.4 Å². The van der Waals surface area contributed by atoms with Crippen molar-refractivity contribution in [1.82, 2.24) is 4.90 Å². The van der Waals surface area contributed by atoms with Gasteiger partial charge in [0.2, 0.25) is 5.91 Å². The van der Waals surface area contributed by atoms with Crippen molar-refractivity contribution in [2.75, 3.05) is 19.5 Å². The number of benzene rings is 3. The third kappa shape index (κ3) is 6.25. The molecule has 1 N–H and O–H groups in total. The number of nitrogens with one attached hydrogen (secondary N) is 1. The van der Waals surface area contributed by atoms with E-state index >= 15 is 0 Å². The molecule has 7 heteroatoms. The predicted octanol–water partition coefficient (Wildman–Crippen LogP) is 5.16. The fraction of sp³-hybridized carbons (Fsp3) is 0.200. The molecule has 166 valence electrons. The SMILES string of the molecule is COc1cc(C(=O)Nc2cccc(CN(C)C(C)=O)c2)ccc1OCc1ccc(Cl)cc1. The van der Waals surface area contributed by atoms with Crippen LogP contribution in [0.15, 0.2) is 66.7 Å². The summed E-state index contributed by atoms with van der Waals surface area (Å²) in [6.07, 6.45) is 0. The Morgan fingerprint density at radius 2 is 1.72 bits per heavy atom. The minimum Gasteiger partial charge on any atom is -0.493 e. The van der Waals surface area contributed by atoms with Crippen molar-refractivity contribution in [2.45, 2.75) is 20.1 Å². The molecule has 6 nitrogen and oxygen atoms in total. The monoisotopic (exact) mass is 452 g/mol. The highest BCUT2D eigenvalue weighted by Gasteiger charge is 2.13. The maximum Gasteiger partial charge on any atom is 0.255 e. The Balaban J connectivity index is 1.68. The largest absolute Gasteiger partial charge is 0.493 e. The number of amides is 2. The van der Waals surface area contributed by atoms with Crippen LogP contribution in [0.25, 0.3) is 0 Å². The lowest BCUT2D eigenvalue weighted by molar-refractivity contribution is -0.128. The number of hydrogen-bond acceptors (Lipinski definition) is 4. The summed E-state index contributed by atoms with van der Waals surface area (Å²) >= 11 is 5.91. The van der Waals surface area contributed by atoms with E-state index in [0.29, 0.717) is 40.9 Å². The van der Waals surface area contributed by atoms with Gasteiger partial charge in [0.15, 0.2) is 11.5 Å². The Kier molecular flexibility index (Phi) is 7.73. The average molecular weight is 453 g/mol. The second-order valence-electron chi connectivity index (χ2n) is 7.31. The third-order valence-corrected chi connectivity index (χ3v) is 5.13. The van der Waals surface area contributed by atoms with E-state index in [1.54, 1.807) is 48.3 Å². The van der Waals surface area contributed by atoms with Gasteiger partial charge in [-0.25, -0.2) is 0 Å². The normalized spacial score (nSPS) is 10.4. The molecule has 3 aromatic rings. The first kappa shape index (κ1) is 23.2. The summed E-state index contributed by atoms with van der Waals surface area (Å²) in [6, 6.07) is 19.8. The van der Waals surface area contributed by atoms with Crippen LogP contribution < -0.4 is 14.8 Å². The van der Waals surface area contributed by atoms with Gasteiger partial charge in [-0.15, -0.1) is 0 Å². The summed E-state index contributed by atoms with van der Waals surface area (Å²) in [5.74, 6) is 0.700. The number of carbonyl (C=O) groups is 2. The van der Waals surface area contributed by atoms with Crippen LogP contribution in [0.4, 0.5) is 5.69 Å². The number of carbonyl (C=O) groups excluding carboxylic acids is 2. The standard InChI is InChI=1S/C25H25ClN2O4/c1-17(29)28(2)15-19-5-4-6-22(13-19)27-25(30)20-9-12-23(24(14-20)31-3)32-16-18-7-10-21(26)11-8-18/h4-14H,15-16H2,1-3H3,(H,27,30). The number of ether oxygens (including phenoxy) is 2. The highest BCUT2D eigenvalue weighted by molar-refractivity contribution is 6.30. The van der Waals surface area contributed by atoms with Crippen LogP contribution in [0.5, 0.6) is 11.5 Å². The van der Waals surface area contributed by atoms with Crippen molar-refractivity contribution in [3.8, 4) is 11.5 Å². The lowest BCUT2D eigenvalue weighted by atomic mass is 10.1. The van der Waals surface area contributed by atoms with Crippen LogP contribution in [0, 0.1) is 0 Å². The Hall–Kier alpha value is -3.51. The minimum absolute atomic E-state index is 0.0232. The molecule has 0 saturated carbocycles. The maximum absolute atomic E-state index is 12.8. The smallest absolute Gasteiger partial charge is 0.255 e. The molecule has 0 aliphatic heterocycles. The van der Waals surface area contributed by atoms with Crippen molar-refractivity contribution in [3.63, 3.8) is 0 Å². The third-order valence-electron chi connectivity index (χ3n) is 4.88. The van der Waals surface area contributed by atoms with Gasteiger partial charge < -0.3 is 19.7 Å². The summed E-state index contributed by atoms with van der Waals surface area (Å²) in [4.78, 5) is 25.8. The molecule has 0 aliphatic carbocycles. The molecule has 0 saturated heterocycles. The topological polar surface area (TPSA) is 67.9 Å². The number of nitrogens with zero attached hydrogens (tertiary/aromatic N) is 1. The van der Waals surface area contributed by atoms with E-state index in [1.165, 1.54) is 14.0 Å². The molecule has 0 radical (unpaired) electrons. The molecule has 0 fully saturated rings. The van der Waals surface area contributed by atoms with Gasteiger partial charge in [0.25, 0.3) is 5.91 Å². The summed E-state index contributed by atoms with van der Waals surface area (Å²) < 4.78 is 11.3. The van der Waals surface area contributed by atoms with Crippen LogP contribution in [-0.2, 0) is 17.9 Å². The zero-order chi connectivity index (χ0) is 23.1. The number of rotatable bonds is 8. The van der Waals surface area contributed by atoms with Crippen LogP contribution in [0.3, 0.4) is 0 Å². The first-order chi connectivity index (χ1) is 15.4. The molecule has 0 heterocycles. The van der Waals surface area contributed by atoms with Gasteiger partial charge in [0.05, 0.1) is 7.11 Å². The van der Waals surface area contributed by atoms with Gasteiger partial charge in [0, 0.05) is 36.8 Å². The zero-order valence-corrected chi connectivity index (χ0v) is 19.0. The first-order valence-corrected chi connectivity index (χ1v) is 10.4. The Bertz CT molecular complexity index is 1100. The molecule has 32 heavy (non-hydrogen) atoms. The van der Waals surface area contributed by atoms with Crippen molar-refractivity contribution < 1.29 is 19.1 Å². The van der Waals surface area contributed by atoms with Crippen LogP contribution in [-0.4, -0.2) is 30.9 Å². The molecule has 0 unspecified atom stereocenters. The van der Waals surface area contributed by atoms with Crippen LogP contribution >= 0.6 is 11.6 Å². The van der Waals surface area contributed by atoms with Gasteiger partial charge in [-0.1, -0.05) is 35.9 Å². The molecule has 0 aliphatic rings. The van der Waals surface area contributed by atoms with Gasteiger partial charge in [-0.05, 0) is 53.6 Å². The fourth-order valence-electron chi connectivity index (χ4n) is 3.01. The number of methoxy groups -OCH3 is 1. The highest BCUT2D eigenvalue weighted by atomic mass is 35.5. The van der Waals surface area contributed by atoms with E-state index in [4.69, 9.17) is 21.1 Å². The summed E-state index contributed by atoms with van der Waals surface area (Å²) in [6.45, 7) is 2.33. The van der Waals surface area contributed by atoms with E-state index in [9.17, 15) is 9.59 Å². The van der Waals surface area contributed by atoms with E-state index in [2.05, 4.69) is 5.32 Å². The second kappa shape index (κ2) is 10.7. The van der Waals surface area contributed by atoms with E-state index < -0.39 is 0 Å². The summed E-state index contributed by atoms with van der Waals surface area (Å²) in [5, 5.41) is 3.55. The Morgan fingerprint density at radius 1 is 0.969 bits per heavy atom. The summed E-state index contributed by atoms with van der Waals surface area (Å²) in [5.41, 5.74) is 2.97. The minimum atomic E-state index is -0.273. The molecule has 0 spiro atoms. The molecule has 2 amide bonds. The lowest BCUT2D eigenvalue weighted by Gasteiger charge is -2.16. The van der Waals surface area contributed by atoms with E-state index in [1.807, 2.05) is 30.3 Å². The molecule has 0 aromatic heterocycles. The van der Waals surface area contributed by atoms with Gasteiger partial charge >= 0.3 is 0 Å². The zero-order valence-electron chi connectivity index (χ0n) is 18.2. The van der Waals surface area contributed by atoms with Crippen molar-refractivity contribution in [3.05, 3.63) is 88.4 Å². The van der Waals surface area contributed by atoms with E-state index in [0.717, 1.165) is 11.1 Å². The predicted molar refractivity (Wildman–Crippen MR) is 125 cm³/mol. The summed E-state index contributed by atoms with van der Waals surface area (Å²) in [7, 11) is 3.26. The lowest BCUT2D eigenvalue weighted by Crippen LogP contribution is -2.23. The van der Waals surface area contributed by atoms with Gasteiger partial charge in [0.1, 0.15) is 6.61 Å². The van der Waals surface area contributed by atoms with Crippen molar-refractivity contribution in [2.24, 2.45) is 0 Å². The molecule has 3 aromatic carbocycles. The van der Waals surface area contributed by atoms with Gasteiger partial charge in [-0.3, -0.25) is 9.59 Å². The Morgan fingerprint density at radius 3 is 2.41 bits per heavy atom. The highest BCUT2D eigenvalue weighted by Crippen LogP contribution is 2.29. The molecule has 0 bridgehead atoms. The van der Waals surface area contributed by atoms with Crippen molar-refractivity contribution >= 4 is 29.1 Å². The molecular formula is C25H25ClN2O4. The van der Waals surface area contributed by atoms with Crippen molar-refractivity contribution in [1.29, 1.82) is 0 Å². The second-order valence-corrected chi connectivity index (χ2v) is 7.75. The fourth-order valence-corrected chi connectivity index (χ4v) is 3.13. The number of halogens is 1. The molecular weight excluding hydrogens is 428 g/mol. The van der Waals surface area contributed by atoms with Gasteiger partial charge in [-0.2, -0.15) is 0 Å². The molecule has 3 rings (SSSR count). The number of anilines is 1. The Labute approximate surface area is 192 Å². The first-order valence-electron chi connectivity index (χ1n) is 10.0. The maximum atomic E-state index is 12.8. The number of hydrogen-bond donors (Lipinski definition) is 1. The average Bonchev–Trinajstić information content (AvgIpc) is 2.78. The quantitative estimate of drug-likeness (QED) is 0.512. The molecule has 0 atom stereocenters. The van der Waals surface area contributed by atoms with E-state index in [-0.39, 0.29) is 11.8 Å². The van der Waals surface area contributed by atoms with Crippen LogP contribution in [0.2, 0.25) is 5.02 Å².